The number of nitrogens with one attached hydrogen (secondary N) is 1. The number of alkyl halides is 2. The predicted octanol–water partition coefficient (Wildman–Crippen LogP) is 2.09. The number of carbonyl (C=O) groups is 1. The van der Waals surface area contributed by atoms with Crippen LogP contribution < -0.4 is 5.32 Å². The molecule has 0 radical (unpaired) electrons. The number of nitrogens with zero attached hydrogens (tertiary/aromatic N) is 4. The molecule has 1 unspecified atom stereocenters. The normalized spacial score (nSPS) is 28.2. The van der Waals surface area contributed by atoms with Crippen LogP contribution in [0.3, 0.4) is 0 Å². The average molecular weight is 413 g/mol. The number of aromatic nitrogens is 3. The van der Waals surface area contributed by atoms with Gasteiger partial charge in [0.15, 0.2) is 0 Å². The van der Waals surface area contributed by atoms with E-state index < -0.39 is 12.5 Å². The number of hydrogen-bond donors (Lipinski definition) is 1. The van der Waals surface area contributed by atoms with Crippen LogP contribution in [0, 0.1) is 5.92 Å². The van der Waals surface area contributed by atoms with E-state index in [0.29, 0.717) is 32.1 Å². The summed E-state index contributed by atoms with van der Waals surface area (Å²) >= 11 is 0. The van der Waals surface area contributed by atoms with Crippen LogP contribution in [0.4, 0.5) is 14.7 Å². The maximum atomic E-state index is 13.4. The van der Waals surface area contributed by atoms with E-state index in [1.807, 2.05) is 4.90 Å². The molecule has 1 amide bonds. The summed E-state index contributed by atoms with van der Waals surface area (Å²) in [4.78, 5) is 18.3. The lowest BCUT2D eigenvalue weighted by molar-refractivity contribution is -0.139. The van der Waals surface area contributed by atoms with E-state index in [2.05, 4.69) is 15.4 Å². The Hall–Kier alpha value is -1.81. The first-order valence-electron chi connectivity index (χ1n) is 10.5. The van der Waals surface area contributed by atoms with Gasteiger partial charge >= 0.3 is 0 Å². The molecule has 3 aliphatic rings. The van der Waals surface area contributed by atoms with E-state index in [1.54, 1.807) is 0 Å². The molecule has 2 saturated heterocycles. The number of halogens is 2. The van der Waals surface area contributed by atoms with Crippen molar-refractivity contribution in [2.24, 2.45) is 5.92 Å². The highest BCUT2D eigenvalue weighted by Gasteiger charge is 2.38. The number of amides is 1. The van der Waals surface area contributed by atoms with Gasteiger partial charge in [0.2, 0.25) is 11.9 Å². The molecule has 4 heterocycles. The van der Waals surface area contributed by atoms with Crippen molar-refractivity contribution in [3.8, 4) is 0 Å². The first kappa shape index (κ1) is 20.5. The summed E-state index contributed by atoms with van der Waals surface area (Å²) in [5.41, 5.74) is 0. The first-order chi connectivity index (χ1) is 14.1. The SMILES string of the molecule is O=C(COCC1CCCCO1)N1CCC([C@@H]2C[C@H](C(F)F)n3ncnc3N2)CC1. The summed E-state index contributed by atoms with van der Waals surface area (Å²) in [5.74, 6) is 0.617. The molecule has 0 bridgehead atoms. The van der Waals surface area contributed by atoms with E-state index in [-0.39, 0.29) is 30.6 Å². The molecule has 10 heteroatoms. The average Bonchev–Trinajstić information content (AvgIpc) is 3.22. The zero-order chi connectivity index (χ0) is 20.2. The lowest BCUT2D eigenvalue weighted by atomic mass is 9.85. The number of piperidine rings is 1. The van der Waals surface area contributed by atoms with Crippen LogP contribution in [0.2, 0.25) is 0 Å². The van der Waals surface area contributed by atoms with Crippen molar-refractivity contribution < 1.29 is 23.0 Å². The number of anilines is 1. The predicted molar refractivity (Wildman–Crippen MR) is 101 cm³/mol. The molecule has 162 valence electrons. The maximum Gasteiger partial charge on any atom is 0.260 e. The number of ether oxygens (including phenoxy) is 2. The van der Waals surface area contributed by atoms with Gasteiger partial charge in [-0.1, -0.05) is 0 Å². The van der Waals surface area contributed by atoms with Crippen LogP contribution in [0.15, 0.2) is 6.33 Å². The Morgan fingerprint density at radius 3 is 2.86 bits per heavy atom. The van der Waals surface area contributed by atoms with Crippen molar-refractivity contribution in [3.63, 3.8) is 0 Å². The summed E-state index contributed by atoms with van der Waals surface area (Å²) in [6, 6.07) is -1.03. The molecular weight excluding hydrogens is 384 g/mol. The Morgan fingerprint density at radius 1 is 1.31 bits per heavy atom. The third kappa shape index (κ3) is 4.85. The Balaban J connectivity index is 1.22. The molecule has 4 rings (SSSR count). The highest BCUT2D eigenvalue weighted by Crippen LogP contribution is 2.35. The fourth-order valence-corrected chi connectivity index (χ4v) is 4.56. The molecule has 0 saturated carbocycles. The highest BCUT2D eigenvalue weighted by molar-refractivity contribution is 5.77. The minimum Gasteiger partial charge on any atom is -0.376 e. The molecule has 3 aliphatic heterocycles. The van der Waals surface area contributed by atoms with Crippen molar-refractivity contribution in [2.75, 3.05) is 38.2 Å². The topological polar surface area (TPSA) is 81.5 Å². The van der Waals surface area contributed by atoms with E-state index in [1.165, 1.54) is 11.0 Å². The molecule has 8 nitrogen and oxygen atoms in total. The van der Waals surface area contributed by atoms with Crippen molar-refractivity contribution in [1.29, 1.82) is 0 Å². The number of rotatable bonds is 6. The van der Waals surface area contributed by atoms with Crippen molar-refractivity contribution >= 4 is 11.9 Å². The standard InChI is InChI=1S/C19H29F2N5O3/c20-18(21)16-9-15(24-19-22-12-23-26(16)19)13-4-6-25(7-5-13)17(27)11-28-10-14-3-1-2-8-29-14/h12-16,18H,1-11H2,(H,22,23,24)/t14?,15-,16+/m0/s1. The third-order valence-electron chi connectivity index (χ3n) is 6.25. The molecule has 0 aliphatic carbocycles. The summed E-state index contributed by atoms with van der Waals surface area (Å²) in [5, 5.41) is 7.18. The van der Waals surface area contributed by atoms with Crippen LogP contribution in [-0.2, 0) is 14.3 Å². The van der Waals surface area contributed by atoms with Gasteiger partial charge in [0.25, 0.3) is 6.43 Å². The Kier molecular flexibility index (Phi) is 6.59. The minimum atomic E-state index is -2.48. The van der Waals surface area contributed by atoms with Gasteiger partial charge in [-0.3, -0.25) is 4.79 Å². The van der Waals surface area contributed by atoms with Gasteiger partial charge in [-0.05, 0) is 44.4 Å². The van der Waals surface area contributed by atoms with Crippen LogP contribution in [0.25, 0.3) is 0 Å². The second-order valence-electron chi connectivity index (χ2n) is 8.14. The van der Waals surface area contributed by atoms with Crippen LogP contribution in [-0.4, -0.2) is 77.1 Å². The third-order valence-corrected chi connectivity index (χ3v) is 6.25. The summed E-state index contributed by atoms with van der Waals surface area (Å²) < 4.78 is 39.4. The monoisotopic (exact) mass is 413 g/mol. The minimum absolute atomic E-state index is 0.0129. The van der Waals surface area contributed by atoms with E-state index in [9.17, 15) is 13.6 Å². The van der Waals surface area contributed by atoms with E-state index >= 15 is 0 Å². The van der Waals surface area contributed by atoms with Gasteiger partial charge in [-0.2, -0.15) is 10.1 Å². The van der Waals surface area contributed by atoms with Gasteiger partial charge in [-0.25, -0.2) is 13.5 Å². The largest absolute Gasteiger partial charge is 0.376 e. The zero-order valence-corrected chi connectivity index (χ0v) is 16.5. The highest BCUT2D eigenvalue weighted by atomic mass is 19.3. The van der Waals surface area contributed by atoms with Crippen LogP contribution in [0.5, 0.6) is 0 Å². The van der Waals surface area contributed by atoms with Gasteiger partial charge in [-0.15, -0.1) is 0 Å². The van der Waals surface area contributed by atoms with Crippen molar-refractivity contribution in [2.45, 2.75) is 63.1 Å². The lowest BCUT2D eigenvalue weighted by Gasteiger charge is -2.40. The van der Waals surface area contributed by atoms with Crippen molar-refractivity contribution in [3.05, 3.63) is 6.33 Å². The molecule has 0 aromatic carbocycles. The first-order valence-corrected chi connectivity index (χ1v) is 10.5. The zero-order valence-electron chi connectivity index (χ0n) is 16.5. The second kappa shape index (κ2) is 9.34. The molecule has 29 heavy (non-hydrogen) atoms. The van der Waals surface area contributed by atoms with Gasteiger partial charge in [0.05, 0.1) is 12.7 Å². The number of carbonyl (C=O) groups excluding carboxylic acids is 1. The summed E-state index contributed by atoms with van der Waals surface area (Å²) in [7, 11) is 0. The van der Waals surface area contributed by atoms with E-state index in [0.717, 1.165) is 38.7 Å². The Bertz CT molecular complexity index is 675. The van der Waals surface area contributed by atoms with E-state index in [4.69, 9.17) is 9.47 Å². The number of likely N-dealkylation sites (tertiary alicyclic amines) is 1. The maximum absolute atomic E-state index is 13.4. The lowest BCUT2D eigenvalue weighted by Crippen LogP contribution is -2.47. The summed E-state index contributed by atoms with van der Waals surface area (Å²) in [6.07, 6.45) is 4.03. The van der Waals surface area contributed by atoms with Gasteiger partial charge < -0.3 is 19.7 Å². The fourth-order valence-electron chi connectivity index (χ4n) is 4.56. The molecular formula is C19H29F2N5O3. The van der Waals surface area contributed by atoms with Gasteiger partial charge in [0.1, 0.15) is 19.0 Å². The quantitative estimate of drug-likeness (QED) is 0.769. The number of fused-ring (bicyclic) bond motifs is 1. The molecule has 1 aromatic heterocycles. The van der Waals surface area contributed by atoms with Gasteiger partial charge in [0, 0.05) is 25.7 Å². The summed E-state index contributed by atoms with van der Waals surface area (Å²) in [6.45, 7) is 2.55. The molecule has 3 atom stereocenters. The van der Waals surface area contributed by atoms with Crippen molar-refractivity contribution in [1.82, 2.24) is 19.7 Å². The Labute approximate surface area is 168 Å². The van der Waals surface area contributed by atoms with Crippen LogP contribution in [0.1, 0.15) is 44.6 Å². The molecule has 2 fully saturated rings. The fraction of sp³-hybridized carbons (Fsp3) is 0.842. The smallest absolute Gasteiger partial charge is 0.260 e. The molecule has 0 spiro atoms. The molecule has 1 N–H and O–H groups in total. The molecule has 1 aromatic rings. The Morgan fingerprint density at radius 2 is 2.14 bits per heavy atom. The number of hydrogen-bond acceptors (Lipinski definition) is 6. The second-order valence-corrected chi connectivity index (χ2v) is 8.14. The van der Waals surface area contributed by atoms with Crippen LogP contribution >= 0.6 is 0 Å².